The molecule has 2 atom stereocenters. The molecule has 1 N–H and O–H groups in total. The van der Waals surface area contributed by atoms with Gasteiger partial charge in [0.1, 0.15) is 0 Å². The lowest BCUT2D eigenvalue weighted by Gasteiger charge is -2.39. The topological polar surface area (TPSA) is 29.1 Å². The van der Waals surface area contributed by atoms with Crippen LogP contribution in [0, 0.1) is 5.92 Å². The first-order valence-corrected chi connectivity index (χ1v) is 7.61. The van der Waals surface area contributed by atoms with Gasteiger partial charge in [0, 0.05) is 17.3 Å². The van der Waals surface area contributed by atoms with Crippen LogP contribution in [0.1, 0.15) is 58.8 Å². The van der Waals surface area contributed by atoms with E-state index in [0.29, 0.717) is 6.42 Å². The number of halogens is 1. The Labute approximate surface area is 108 Å². The Morgan fingerprint density at radius 1 is 1.56 bits per heavy atom. The Morgan fingerprint density at radius 3 is 2.88 bits per heavy atom. The van der Waals surface area contributed by atoms with Crippen LogP contribution in [0.3, 0.4) is 0 Å². The third kappa shape index (κ3) is 4.08. The molecule has 1 aliphatic carbocycles. The van der Waals surface area contributed by atoms with E-state index >= 15 is 0 Å². The fourth-order valence-corrected chi connectivity index (χ4v) is 3.27. The van der Waals surface area contributed by atoms with Crippen LogP contribution in [-0.2, 0) is 4.79 Å². The number of rotatable bonds is 5. The molecule has 0 heterocycles. The van der Waals surface area contributed by atoms with Crippen molar-refractivity contribution in [2.45, 2.75) is 64.3 Å². The van der Waals surface area contributed by atoms with Crippen LogP contribution in [0.15, 0.2) is 0 Å². The van der Waals surface area contributed by atoms with E-state index < -0.39 is 0 Å². The van der Waals surface area contributed by atoms with Gasteiger partial charge in [0.2, 0.25) is 5.91 Å². The average Bonchev–Trinajstić information content (AvgIpc) is 2.26. The number of nitrogens with one attached hydrogen (secondary N) is 1. The molecule has 0 radical (unpaired) electrons. The van der Waals surface area contributed by atoms with Gasteiger partial charge in [-0.15, -0.1) is 0 Å². The van der Waals surface area contributed by atoms with E-state index in [1.165, 1.54) is 12.8 Å². The van der Waals surface area contributed by atoms with Gasteiger partial charge in [-0.1, -0.05) is 49.0 Å². The van der Waals surface area contributed by atoms with Gasteiger partial charge in [0.05, 0.1) is 0 Å². The third-order valence-corrected chi connectivity index (χ3v) is 4.58. The maximum atomic E-state index is 11.8. The minimum atomic E-state index is 0.0302. The summed E-state index contributed by atoms with van der Waals surface area (Å²) in [5.41, 5.74) is 0.0302. The highest BCUT2D eigenvalue weighted by molar-refractivity contribution is 9.09. The van der Waals surface area contributed by atoms with Crippen LogP contribution in [0.4, 0.5) is 0 Å². The first kappa shape index (κ1) is 14.0. The van der Waals surface area contributed by atoms with Crippen molar-refractivity contribution in [3.05, 3.63) is 0 Å². The Morgan fingerprint density at radius 2 is 2.31 bits per heavy atom. The number of hydrogen-bond acceptors (Lipinski definition) is 1. The fourth-order valence-electron chi connectivity index (χ4n) is 2.62. The average molecular weight is 290 g/mol. The second-order valence-electron chi connectivity index (χ2n) is 5.27. The molecule has 0 bridgehead atoms. The summed E-state index contributed by atoms with van der Waals surface area (Å²) in [6.07, 6.45) is 7.56. The van der Waals surface area contributed by atoms with Crippen molar-refractivity contribution in [3.8, 4) is 0 Å². The van der Waals surface area contributed by atoms with Crippen molar-refractivity contribution in [2.24, 2.45) is 5.92 Å². The van der Waals surface area contributed by atoms with Crippen LogP contribution in [-0.4, -0.2) is 16.8 Å². The third-order valence-electron chi connectivity index (χ3n) is 3.51. The minimum Gasteiger partial charge on any atom is -0.350 e. The van der Waals surface area contributed by atoms with Gasteiger partial charge in [-0.25, -0.2) is 0 Å². The van der Waals surface area contributed by atoms with E-state index in [2.05, 4.69) is 35.1 Å². The summed E-state index contributed by atoms with van der Waals surface area (Å²) >= 11 is 3.58. The number of alkyl halides is 1. The maximum Gasteiger partial charge on any atom is 0.220 e. The summed E-state index contributed by atoms with van der Waals surface area (Å²) in [5, 5.41) is 4.15. The first-order valence-electron chi connectivity index (χ1n) is 6.49. The molecule has 0 aromatic heterocycles. The van der Waals surface area contributed by atoms with Crippen molar-refractivity contribution in [3.63, 3.8) is 0 Å². The Hall–Kier alpha value is -0.0500. The van der Waals surface area contributed by atoms with Crippen molar-refractivity contribution in [2.75, 3.05) is 5.33 Å². The minimum absolute atomic E-state index is 0.0302. The normalized spacial score (nSPS) is 30.1. The Balaban J connectivity index is 2.49. The number of amides is 1. The van der Waals surface area contributed by atoms with Gasteiger partial charge < -0.3 is 5.32 Å². The highest BCUT2D eigenvalue weighted by Gasteiger charge is 2.34. The van der Waals surface area contributed by atoms with Crippen molar-refractivity contribution in [1.82, 2.24) is 5.32 Å². The molecule has 3 heteroatoms. The molecule has 94 valence electrons. The van der Waals surface area contributed by atoms with Crippen LogP contribution < -0.4 is 5.32 Å². The molecule has 16 heavy (non-hydrogen) atoms. The van der Waals surface area contributed by atoms with E-state index in [4.69, 9.17) is 0 Å². The summed E-state index contributed by atoms with van der Waals surface area (Å²) in [4.78, 5) is 11.8. The standard InChI is InChI=1S/C13H24BrNO/c1-3-4-7-12(16)15-13(10-14)8-5-6-11(2)9-13/h11H,3-10H2,1-2H3,(H,15,16). The number of carbonyl (C=O) groups excluding carboxylic acids is 1. The summed E-state index contributed by atoms with van der Waals surface area (Å²) < 4.78 is 0. The second-order valence-corrected chi connectivity index (χ2v) is 5.83. The summed E-state index contributed by atoms with van der Waals surface area (Å²) in [6, 6.07) is 0. The zero-order valence-corrected chi connectivity index (χ0v) is 12.1. The molecule has 0 aromatic carbocycles. The van der Waals surface area contributed by atoms with E-state index in [0.717, 1.165) is 36.9 Å². The zero-order valence-electron chi connectivity index (χ0n) is 10.5. The largest absolute Gasteiger partial charge is 0.350 e. The Bertz CT molecular complexity index is 232. The number of carbonyl (C=O) groups is 1. The van der Waals surface area contributed by atoms with Crippen LogP contribution in [0.5, 0.6) is 0 Å². The van der Waals surface area contributed by atoms with Gasteiger partial charge in [-0.05, 0) is 25.2 Å². The van der Waals surface area contributed by atoms with Gasteiger partial charge in [0.25, 0.3) is 0 Å². The molecule has 1 aliphatic rings. The molecule has 0 aliphatic heterocycles. The number of unbranched alkanes of at least 4 members (excludes halogenated alkanes) is 1. The SMILES string of the molecule is CCCCC(=O)NC1(CBr)CCCC(C)C1. The van der Waals surface area contributed by atoms with Gasteiger partial charge in [-0.3, -0.25) is 4.79 Å². The Kier molecular flexibility index (Phi) is 5.81. The lowest BCUT2D eigenvalue weighted by Crippen LogP contribution is -2.52. The van der Waals surface area contributed by atoms with Crippen molar-refractivity contribution in [1.29, 1.82) is 0 Å². The quantitative estimate of drug-likeness (QED) is 0.770. The van der Waals surface area contributed by atoms with E-state index in [9.17, 15) is 4.79 Å². The van der Waals surface area contributed by atoms with E-state index in [1.54, 1.807) is 0 Å². The molecule has 1 rings (SSSR count). The molecule has 2 unspecified atom stereocenters. The molecule has 0 spiro atoms. The molecule has 0 saturated heterocycles. The van der Waals surface area contributed by atoms with Crippen LogP contribution >= 0.6 is 15.9 Å². The smallest absolute Gasteiger partial charge is 0.220 e. The lowest BCUT2D eigenvalue weighted by molar-refractivity contribution is -0.123. The summed E-state index contributed by atoms with van der Waals surface area (Å²) in [5.74, 6) is 0.966. The lowest BCUT2D eigenvalue weighted by atomic mass is 9.77. The van der Waals surface area contributed by atoms with Gasteiger partial charge in [0.15, 0.2) is 0 Å². The zero-order chi connectivity index (χ0) is 12.0. The van der Waals surface area contributed by atoms with Gasteiger partial charge in [-0.2, -0.15) is 0 Å². The molecule has 1 fully saturated rings. The molecule has 1 saturated carbocycles. The summed E-state index contributed by atoms with van der Waals surface area (Å²) in [6.45, 7) is 4.41. The predicted octanol–water partition coefficient (Wildman–Crippen LogP) is 3.64. The molecule has 1 amide bonds. The second kappa shape index (κ2) is 6.63. The first-order chi connectivity index (χ1) is 7.62. The van der Waals surface area contributed by atoms with Crippen LogP contribution in [0.25, 0.3) is 0 Å². The molecule has 0 aromatic rings. The fraction of sp³-hybridized carbons (Fsp3) is 0.923. The van der Waals surface area contributed by atoms with Crippen molar-refractivity contribution < 1.29 is 4.79 Å². The van der Waals surface area contributed by atoms with Crippen LogP contribution in [0.2, 0.25) is 0 Å². The highest BCUT2D eigenvalue weighted by Crippen LogP contribution is 2.33. The van der Waals surface area contributed by atoms with Crippen molar-refractivity contribution >= 4 is 21.8 Å². The monoisotopic (exact) mass is 289 g/mol. The van der Waals surface area contributed by atoms with Gasteiger partial charge >= 0.3 is 0 Å². The van der Waals surface area contributed by atoms with E-state index in [1.807, 2.05) is 0 Å². The highest BCUT2D eigenvalue weighted by atomic mass is 79.9. The molecule has 2 nitrogen and oxygen atoms in total. The molecular weight excluding hydrogens is 266 g/mol. The predicted molar refractivity (Wildman–Crippen MR) is 71.8 cm³/mol. The van der Waals surface area contributed by atoms with E-state index in [-0.39, 0.29) is 11.4 Å². The maximum absolute atomic E-state index is 11.8. The number of hydrogen-bond donors (Lipinski definition) is 1. The summed E-state index contributed by atoms with van der Waals surface area (Å²) in [7, 11) is 0. The molecular formula is C13H24BrNO.